The average Bonchev–Trinajstić information content (AvgIpc) is 2.41. The van der Waals surface area contributed by atoms with Crippen molar-refractivity contribution in [3.8, 4) is 0 Å². The van der Waals surface area contributed by atoms with Crippen LogP contribution in [0.5, 0.6) is 0 Å². The molecule has 0 aliphatic rings. The lowest BCUT2D eigenvalue weighted by molar-refractivity contribution is 0.199. The van der Waals surface area contributed by atoms with Gasteiger partial charge < -0.3 is 15.7 Å². The SMILES string of the molecule is C[C@@H](O)CN(Cc1ccccc1)c1nc(Br)ccc1N. The van der Waals surface area contributed by atoms with Crippen molar-refractivity contribution in [3.05, 3.63) is 52.6 Å². The normalized spacial score (nSPS) is 12.2. The predicted octanol–water partition coefficient (Wildman–Crippen LogP) is 2.81. The molecule has 0 saturated heterocycles. The Balaban J connectivity index is 2.29. The van der Waals surface area contributed by atoms with Crippen molar-refractivity contribution in [2.75, 3.05) is 17.2 Å². The number of rotatable bonds is 5. The Morgan fingerprint density at radius 1 is 1.25 bits per heavy atom. The molecule has 2 aromatic rings. The monoisotopic (exact) mass is 335 g/mol. The highest BCUT2D eigenvalue weighted by Gasteiger charge is 2.14. The molecule has 0 bridgehead atoms. The van der Waals surface area contributed by atoms with Gasteiger partial charge in [-0.3, -0.25) is 0 Å². The summed E-state index contributed by atoms with van der Waals surface area (Å²) in [7, 11) is 0. The number of nitrogens with two attached hydrogens (primary N) is 1. The van der Waals surface area contributed by atoms with Gasteiger partial charge in [-0.2, -0.15) is 0 Å². The number of aliphatic hydroxyl groups excluding tert-OH is 1. The minimum Gasteiger partial charge on any atom is -0.396 e. The van der Waals surface area contributed by atoms with E-state index in [-0.39, 0.29) is 0 Å². The number of benzene rings is 1. The third kappa shape index (κ3) is 3.95. The molecule has 2 rings (SSSR count). The number of pyridine rings is 1. The first-order valence-corrected chi connectivity index (χ1v) is 7.24. The molecule has 0 amide bonds. The quantitative estimate of drug-likeness (QED) is 0.825. The number of hydrogen-bond donors (Lipinski definition) is 2. The van der Waals surface area contributed by atoms with Crippen molar-refractivity contribution in [3.63, 3.8) is 0 Å². The molecule has 106 valence electrons. The van der Waals surface area contributed by atoms with Crippen LogP contribution in [0.4, 0.5) is 11.5 Å². The van der Waals surface area contributed by atoms with Gasteiger partial charge in [0.05, 0.1) is 11.8 Å². The number of halogens is 1. The van der Waals surface area contributed by atoms with Crippen molar-refractivity contribution in [2.24, 2.45) is 0 Å². The summed E-state index contributed by atoms with van der Waals surface area (Å²) >= 11 is 3.36. The van der Waals surface area contributed by atoms with Gasteiger partial charge in [-0.05, 0) is 40.5 Å². The van der Waals surface area contributed by atoms with Gasteiger partial charge in [-0.15, -0.1) is 0 Å². The number of aromatic nitrogens is 1. The fourth-order valence-electron chi connectivity index (χ4n) is 2.04. The summed E-state index contributed by atoms with van der Waals surface area (Å²) in [6.45, 7) is 2.88. The Bertz CT molecular complexity index is 560. The molecule has 0 spiro atoms. The number of hydrogen-bond acceptors (Lipinski definition) is 4. The summed E-state index contributed by atoms with van der Waals surface area (Å²) in [6.07, 6.45) is -0.459. The lowest BCUT2D eigenvalue weighted by Crippen LogP contribution is -2.31. The van der Waals surface area contributed by atoms with Crippen molar-refractivity contribution >= 4 is 27.4 Å². The van der Waals surface area contributed by atoms with Crippen LogP contribution >= 0.6 is 15.9 Å². The molecule has 20 heavy (non-hydrogen) atoms. The highest BCUT2D eigenvalue weighted by molar-refractivity contribution is 9.10. The van der Waals surface area contributed by atoms with Crippen molar-refractivity contribution in [1.82, 2.24) is 4.98 Å². The molecule has 0 saturated carbocycles. The van der Waals surface area contributed by atoms with E-state index in [1.807, 2.05) is 47.4 Å². The number of aliphatic hydroxyl groups is 1. The topological polar surface area (TPSA) is 62.4 Å². The van der Waals surface area contributed by atoms with Gasteiger partial charge in [0.25, 0.3) is 0 Å². The lowest BCUT2D eigenvalue weighted by atomic mass is 10.2. The van der Waals surface area contributed by atoms with E-state index in [1.165, 1.54) is 0 Å². The third-order valence-corrected chi connectivity index (χ3v) is 3.31. The molecule has 1 aromatic carbocycles. The molecule has 1 heterocycles. The fourth-order valence-corrected chi connectivity index (χ4v) is 2.34. The molecule has 3 N–H and O–H groups in total. The van der Waals surface area contributed by atoms with Gasteiger partial charge in [-0.1, -0.05) is 30.3 Å². The van der Waals surface area contributed by atoms with Crippen LogP contribution in [0.1, 0.15) is 12.5 Å². The van der Waals surface area contributed by atoms with E-state index in [0.717, 1.165) is 10.2 Å². The molecule has 0 aliphatic carbocycles. The molecular formula is C15H18BrN3O. The van der Waals surface area contributed by atoms with Crippen molar-refractivity contribution in [1.29, 1.82) is 0 Å². The average molecular weight is 336 g/mol. The Morgan fingerprint density at radius 3 is 2.60 bits per heavy atom. The summed E-state index contributed by atoms with van der Waals surface area (Å²) < 4.78 is 0.727. The minimum atomic E-state index is -0.459. The highest BCUT2D eigenvalue weighted by Crippen LogP contribution is 2.25. The maximum absolute atomic E-state index is 9.70. The summed E-state index contributed by atoms with van der Waals surface area (Å²) in [5.41, 5.74) is 7.76. The van der Waals surface area contributed by atoms with Crippen molar-refractivity contribution in [2.45, 2.75) is 19.6 Å². The molecule has 1 atom stereocenters. The van der Waals surface area contributed by atoms with Gasteiger partial charge in [0, 0.05) is 13.1 Å². The maximum Gasteiger partial charge on any atom is 0.153 e. The van der Waals surface area contributed by atoms with E-state index >= 15 is 0 Å². The first-order valence-electron chi connectivity index (χ1n) is 6.45. The highest BCUT2D eigenvalue weighted by atomic mass is 79.9. The second-order valence-corrected chi connectivity index (χ2v) is 5.57. The zero-order valence-electron chi connectivity index (χ0n) is 11.3. The second kappa shape index (κ2) is 6.72. The van der Waals surface area contributed by atoms with Crippen LogP contribution in [0.25, 0.3) is 0 Å². The fraction of sp³-hybridized carbons (Fsp3) is 0.267. The van der Waals surface area contributed by atoms with Crippen molar-refractivity contribution < 1.29 is 5.11 Å². The van der Waals surface area contributed by atoms with E-state index in [2.05, 4.69) is 20.9 Å². The molecule has 4 nitrogen and oxygen atoms in total. The van der Waals surface area contributed by atoms with Crippen LogP contribution in [-0.4, -0.2) is 22.7 Å². The predicted molar refractivity (Wildman–Crippen MR) is 85.5 cm³/mol. The van der Waals surface area contributed by atoms with E-state index in [4.69, 9.17) is 5.73 Å². The van der Waals surface area contributed by atoms with Crippen LogP contribution in [0.2, 0.25) is 0 Å². The Morgan fingerprint density at radius 2 is 1.95 bits per heavy atom. The Kier molecular flexibility index (Phi) is 4.98. The lowest BCUT2D eigenvalue weighted by Gasteiger charge is -2.26. The van der Waals surface area contributed by atoms with Gasteiger partial charge in [0.15, 0.2) is 5.82 Å². The zero-order chi connectivity index (χ0) is 14.5. The van der Waals surface area contributed by atoms with Crippen LogP contribution in [-0.2, 0) is 6.54 Å². The molecule has 0 aliphatic heterocycles. The van der Waals surface area contributed by atoms with E-state index < -0.39 is 6.10 Å². The minimum absolute atomic E-state index is 0.459. The summed E-state index contributed by atoms with van der Waals surface area (Å²) in [4.78, 5) is 6.41. The van der Waals surface area contributed by atoms with E-state index in [9.17, 15) is 5.11 Å². The zero-order valence-corrected chi connectivity index (χ0v) is 12.9. The smallest absolute Gasteiger partial charge is 0.153 e. The molecule has 5 heteroatoms. The van der Waals surface area contributed by atoms with Crippen LogP contribution in [0, 0.1) is 0 Å². The van der Waals surface area contributed by atoms with Crippen LogP contribution in [0.3, 0.4) is 0 Å². The molecular weight excluding hydrogens is 318 g/mol. The van der Waals surface area contributed by atoms with Crippen LogP contribution in [0.15, 0.2) is 47.1 Å². The van der Waals surface area contributed by atoms with E-state index in [1.54, 1.807) is 6.92 Å². The second-order valence-electron chi connectivity index (χ2n) is 4.76. The molecule has 0 radical (unpaired) electrons. The van der Waals surface area contributed by atoms with E-state index in [0.29, 0.717) is 24.6 Å². The number of nitrogen functional groups attached to an aromatic ring is 1. The largest absolute Gasteiger partial charge is 0.396 e. The van der Waals surface area contributed by atoms with Gasteiger partial charge in [0.2, 0.25) is 0 Å². The first kappa shape index (κ1) is 14.8. The first-order chi connectivity index (χ1) is 9.56. The molecule has 1 aromatic heterocycles. The third-order valence-electron chi connectivity index (χ3n) is 2.87. The summed E-state index contributed by atoms with van der Waals surface area (Å²) in [6, 6.07) is 13.7. The maximum atomic E-state index is 9.70. The van der Waals surface area contributed by atoms with Crippen LogP contribution < -0.4 is 10.6 Å². The Hall–Kier alpha value is -1.59. The number of anilines is 2. The van der Waals surface area contributed by atoms with Gasteiger partial charge in [0.1, 0.15) is 4.60 Å². The number of nitrogens with zero attached hydrogens (tertiary/aromatic N) is 2. The molecule has 0 unspecified atom stereocenters. The Labute approximate surface area is 127 Å². The summed E-state index contributed by atoms with van der Waals surface area (Å²) in [5.74, 6) is 0.684. The van der Waals surface area contributed by atoms with Gasteiger partial charge in [-0.25, -0.2) is 4.98 Å². The van der Waals surface area contributed by atoms with Gasteiger partial charge >= 0.3 is 0 Å². The summed E-state index contributed by atoms with van der Waals surface area (Å²) in [5, 5.41) is 9.70. The standard InChI is InChI=1S/C15H18BrN3O/c1-11(20)9-19(10-12-5-3-2-4-6-12)15-13(17)7-8-14(16)18-15/h2-8,11,20H,9-10,17H2,1H3/t11-/m1/s1. The molecule has 0 fully saturated rings.